The first-order valence-corrected chi connectivity index (χ1v) is 14.2. The molecule has 11 heteroatoms. The Morgan fingerprint density at radius 1 is 1.00 bits per heavy atom. The Hall–Kier alpha value is -2.63. The molecule has 2 aliphatic heterocycles. The molecule has 0 amide bonds. The summed E-state index contributed by atoms with van der Waals surface area (Å²) in [5, 5.41) is 3.35. The molecule has 0 atom stereocenters. The largest absolute Gasteiger partial charge is 0.324 e. The number of halogens is 2. The molecule has 0 radical (unpaired) electrons. The minimum absolute atomic E-state index is 0.144. The Labute approximate surface area is 222 Å². The Kier molecular flexibility index (Phi) is 7.73. The van der Waals surface area contributed by atoms with Gasteiger partial charge in [0.25, 0.3) is 0 Å². The van der Waals surface area contributed by atoms with Gasteiger partial charge in [-0.3, -0.25) is 4.90 Å². The molecule has 5 rings (SSSR count). The number of nitrogens with zero attached hydrogens (tertiary/aromatic N) is 5. The maximum absolute atomic E-state index is 14.2. The van der Waals surface area contributed by atoms with E-state index in [1.165, 1.54) is 28.2 Å². The maximum Gasteiger partial charge on any atom is 0.243 e. The van der Waals surface area contributed by atoms with Crippen LogP contribution >= 0.6 is 11.6 Å². The van der Waals surface area contributed by atoms with Crippen molar-refractivity contribution in [2.24, 2.45) is 0 Å². The first-order valence-electron chi connectivity index (χ1n) is 12.4. The summed E-state index contributed by atoms with van der Waals surface area (Å²) >= 11 is 6.42. The molecular formula is C26H30ClFN6O2S. The molecule has 2 aromatic carbocycles. The molecule has 0 unspecified atom stereocenters. The summed E-state index contributed by atoms with van der Waals surface area (Å²) in [5.41, 5.74) is 2.48. The van der Waals surface area contributed by atoms with Gasteiger partial charge in [0.05, 0.1) is 21.8 Å². The Morgan fingerprint density at radius 3 is 2.41 bits per heavy atom. The Morgan fingerprint density at radius 2 is 1.70 bits per heavy atom. The molecule has 0 bridgehead atoms. The van der Waals surface area contributed by atoms with Crippen molar-refractivity contribution >= 4 is 33.3 Å². The lowest BCUT2D eigenvalue weighted by Gasteiger charge is -2.32. The number of likely N-dealkylation sites (N-methyl/N-ethyl adjacent to an activating group) is 1. The van der Waals surface area contributed by atoms with E-state index in [2.05, 4.69) is 44.3 Å². The average molecular weight is 545 g/mol. The highest BCUT2D eigenvalue weighted by Crippen LogP contribution is 2.35. The lowest BCUT2D eigenvalue weighted by Crippen LogP contribution is -2.43. The normalized spacial score (nSPS) is 17.8. The summed E-state index contributed by atoms with van der Waals surface area (Å²) in [6, 6.07) is 11.7. The van der Waals surface area contributed by atoms with E-state index in [1.807, 2.05) is 12.1 Å². The lowest BCUT2D eigenvalue weighted by atomic mass is 10.1. The average Bonchev–Trinajstić information content (AvgIpc) is 3.44. The van der Waals surface area contributed by atoms with Gasteiger partial charge in [-0.2, -0.15) is 4.31 Å². The predicted molar refractivity (Wildman–Crippen MR) is 143 cm³/mol. The van der Waals surface area contributed by atoms with Crippen LogP contribution in [0.2, 0.25) is 5.02 Å². The molecule has 3 aromatic rings. The number of piperazine rings is 1. The topological polar surface area (TPSA) is 81.7 Å². The fraction of sp³-hybridized carbons (Fsp3) is 0.385. The smallest absolute Gasteiger partial charge is 0.243 e. The van der Waals surface area contributed by atoms with E-state index in [-0.39, 0.29) is 27.1 Å². The molecule has 1 N–H and O–H groups in total. The number of rotatable bonds is 7. The van der Waals surface area contributed by atoms with E-state index in [1.54, 1.807) is 0 Å². The molecule has 2 fully saturated rings. The maximum atomic E-state index is 14.2. The van der Waals surface area contributed by atoms with Crippen LogP contribution in [-0.4, -0.2) is 78.8 Å². The van der Waals surface area contributed by atoms with Crippen LogP contribution in [0.4, 0.5) is 16.0 Å². The first kappa shape index (κ1) is 26.0. The molecule has 0 saturated carbocycles. The van der Waals surface area contributed by atoms with Gasteiger partial charge in [-0.25, -0.2) is 22.8 Å². The van der Waals surface area contributed by atoms with E-state index in [0.29, 0.717) is 13.1 Å². The quantitative estimate of drug-likeness (QED) is 0.477. The number of aromatic nitrogens is 2. The first-order chi connectivity index (χ1) is 17.8. The predicted octanol–water partition coefficient (Wildman–Crippen LogP) is 4.21. The highest BCUT2D eigenvalue weighted by molar-refractivity contribution is 7.89. The number of nitrogens with one attached hydrogen (secondary N) is 1. The van der Waals surface area contributed by atoms with Crippen molar-refractivity contribution in [3.63, 3.8) is 0 Å². The van der Waals surface area contributed by atoms with Crippen LogP contribution in [0.25, 0.3) is 11.3 Å². The van der Waals surface area contributed by atoms with Crippen molar-refractivity contribution in [2.45, 2.75) is 24.3 Å². The van der Waals surface area contributed by atoms with Gasteiger partial charge >= 0.3 is 0 Å². The Balaban J connectivity index is 1.37. The van der Waals surface area contributed by atoms with E-state index in [9.17, 15) is 12.8 Å². The van der Waals surface area contributed by atoms with Crippen molar-refractivity contribution in [1.82, 2.24) is 24.1 Å². The molecular weight excluding hydrogens is 515 g/mol. The molecule has 37 heavy (non-hydrogen) atoms. The van der Waals surface area contributed by atoms with E-state index < -0.39 is 15.8 Å². The molecule has 0 spiro atoms. The highest BCUT2D eigenvalue weighted by atomic mass is 35.5. The van der Waals surface area contributed by atoms with Crippen molar-refractivity contribution in [2.75, 3.05) is 51.6 Å². The van der Waals surface area contributed by atoms with E-state index >= 15 is 0 Å². The summed E-state index contributed by atoms with van der Waals surface area (Å²) in [6.07, 6.45) is 2.98. The third kappa shape index (κ3) is 5.94. The number of anilines is 2. The van der Waals surface area contributed by atoms with Crippen LogP contribution < -0.4 is 5.32 Å². The van der Waals surface area contributed by atoms with Gasteiger partial charge in [0.1, 0.15) is 5.82 Å². The van der Waals surface area contributed by atoms with Gasteiger partial charge in [0.2, 0.25) is 16.0 Å². The zero-order valence-corrected chi connectivity index (χ0v) is 22.3. The molecule has 2 saturated heterocycles. The van der Waals surface area contributed by atoms with Crippen molar-refractivity contribution in [3.8, 4) is 11.3 Å². The molecule has 0 aliphatic carbocycles. The second-order valence-corrected chi connectivity index (χ2v) is 11.9. The third-order valence-corrected chi connectivity index (χ3v) is 9.05. The van der Waals surface area contributed by atoms with Crippen molar-refractivity contribution < 1.29 is 12.8 Å². The number of benzene rings is 2. The van der Waals surface area contributed by atoms with Crippen LogP contribution in [0.1, 0.15) is 18.4 Å². The summed E-state index contributed by atoms with van der Waals surface area (Å²) < 4.78 is 42.2. The number of hydrogen-bond acceptors (Lipinski definition) is 7. The number of hydrogen-bond donors (Lipinski definition) is 1. The van der Waals surface area contributed by atoms with Crippen LogP contribution in [0.15, 0.2) is 53.6 Å². The molecule has 196 valence electrons. The lowest BCUT2D eigenvalue weighted by molar-refractivity contribution is 0.148. The summed E-state index contributed by atoms with van der Waals surface area (Å²) in [4.78, 5) is 13.4. The van der Waals surface area contributed by atoms with Gasteiger partial charge in [-0.15, -0.1) is 0 Å². The minimum Gasteiger partial charge on any atom is -0.324 e. The summed E-state index contributed by atoms with van der Waals surface area (Å²) in [6.45, 7) is 5.97. The van der Waals surface area contributed by atoms with E-state index in [0.717, 1.165) is 57.3 Å². The number of sulfonamides is 1. The van der Waals surface area contributed by atoms with Crippen molar-refractivity contribution in [1.29, 1.82) is 0 Å². The van der Waals surface area contributed by atoms with Crippen LogP contribution in [0.3, 0.4) is 0 Å². The van der Waals surface area contributed by atoms with E-state index in [4.69, 9.17) is 11.6 Å². The molecule has 1 aromatic heterocycles. The van der Waals surface area contributed by atoms with Crippen LogP contribution in [0.5, 0.6) is 0 Å². The zero-order valence-electron chi connectivity index (χ0n) is 20.7. The highest BCUT2D eigenvalue weighted by Gasteiger charge is 2.31. The fourth-order valence-corrected chi connectivity index (χ4v) is 6.59. The van der Waals surface area contributed by atoms with Gasteiger partial charge < -0.3 is 10.2 Å². The molecule has 8 nitrogen and oxygen atoms in total. The zero-order chi connectivity index (χ0) is 26.0. The SMILES string of the molecule is CN1CCN(Cc2ccc(Nc3ncc(Cl)c(-c4ccc(F)cc4S(=O)(=O)N4CCCC4)n3)cc2)CC1. The van der Waals surface area contributed by atoms with Gasteiger partial charge in [-0.05, 0) is 55.8 Å². The third-order valence-electron chi connectivity index (χ3n) is 6.84. The molecule has 2 aliphatic rings. The summed E-state index contributed by atoms with van der Waals surface area (Å²) in [7, 11) is -1.76. The minimum atomic E-state index is -3.90. The van der Waals surface area contributed by atoms with Crippen LogP contribution in [0, 0.1) is 5.82 Å². The van der Waals surface area contributed by atoms with Gasteiger partial charge in [0.15, 0.2) is 0 Å². The Bertz CT molecular complexity index is 1360. The monoisotopic (exact) mass is 544 g/mol. The standard InChI is InChI=1S/C26H30ClFN6O2S/c1-32-12-14-33(15-13-32)18-19-4-7-21(8-5-19)30-26-29-17-23(27)25(31-26)22-9-6-20(28)16-24(22)37(35,36)34-10-2-3-11-34/h4-9,16-17H,2-3,10-15,18H2,1H3,(H,29,30,31). The van der Waals surface area contributed by atoms with Gasteiger partial charge in [-0.1, -0.05) is 23.7 Å². The second kappa shape index (κ2) is 11.0. The molecule has 3 heterocycles. The van der Waals surface area contributed by atoms with Crippen LogP contribution in [-0.2, 0) is 16.6 Å². The van der Waals surface area contributed by atoms with Gasteiger partial charge in [0, 0.05) is 57.1 Å². The second-order valence-electron chi connectivity index (χ2n) is 9.54. The summed E-state index contributed by atoms with van der Waals surface area (Å²) in [5.74, 6) is -0.373. The fourth-order valence-electron chi connectivity index (χ4n) is 4.68. The van der Waals surface area contributed by atoms with Crippen molar-refractivity contribution in [3.05, 3.63) is 65.1 Å².